The molecule has 4 fully saturated rings. The molecule has 43 heavy (non-hydrogen) atoms. The second-order valence-electron chi connectivity index (χ2n) is 16.5. The maximum Gasteiger partial charge on any atom is 0.186 e. The first kappa shape index (κ1) is 33.6. The van der Waals surface area contributed by atoms with Crippen LogP contribution in [0.25, 0.3) is 0 Å². The molecule has 246 valence electrons. The highest BCUT2D eigenvalue weighted by Gasteiger charge is 2.71. The van der Waals surface area contributed by atoms with Gasteiger partial charge in [0.2, 0.25) is 0 Å². The normalized spacial score (nSPS) is 49.7. The van der Waals surface area contributed by atoms with Gasteiger partial charge in [0, 0.05) is 18.4 Å². The van der Waals surface area contributed by atoms with Crippen LogP contribution in [0, 0.1) is 45.3 Å². The molecule has 14 atom stereocenters. The molecule has 5 aliphatic rings. The van der Waals surface area contributed by atoms with Gasteiger partial charge in [-0.3, -0.25) is 0 Å². The standard InChI is InChI=1S/C36H60O7/c1-20(2)11-10-12-21(3)28-24(37)18-36(8)31-26(41-9)17-23-22(34(31,6)15-16-35(28,36)7)13-14-27(33(23,4)5)43-32-30(40)29(39)25(38)19-42-32/h11,17,21-22,24-32,37-40H,10,12-16,18-19H2,1-9H3/t21-,22-,24?,25-,26?,27?,28+,29+,30-,31-,32+,34+,35-,36+/m1/s1. The molecule has 0 amide bonds. The van der Waals surface area contributed by atoms with E-state index in [1.807, 2.05) is 7.11 Å². The average Bonchev–Trinajstić information content (AvgIpc) is 3.14. The van der Waals surface area contributed by atoms with E-state index in [1.165, 1.54) is 11.1 Å². The van der Waals surface area contributed by atoms with E-state index in [4.69, 9.17) is 14.2 Å². The highest BCUT2D eigenvalue weighted by Crippen LogP contribution is 2.75. The van der Waals surface area contributed by atoms with Gasteiger partial charge in [-0.1, -0.05) is 64.8 Å². The number of aliphatic hydroxyl groups is 4. The smallest absolute Gasteiger partial charge is 0.186 e. The summed E-state index contributed by atoms with van der Waals surface area (Å²) in [6, 6.07) is 0. The van der Waals surface area contributed by atoms with Crippen molar-refractivity contribution in [3.63, 3.8) is 0 Å². The highest BCUT2D eigenvalue weighted by atomic mass is 16.7. The minimum absolute atomic E-state index is 0.0162. The van der Waals surface area contributed by atoms with Gasteiger partial charge < -0.3 is 34.6 Å². The van der Waals surface area contributed by atoms with Crippen molar-refractivity contribution in [2.24, 2.45) is 45.3 Å². The van der Waals surface area contributed by atoms with Crippen LogP contribution in [0.3, 0.4) is 0 Å². The van der Waals surface area contributed by atoms with Crippen LogP contribution in [-0.2, 0) is 14.2 Å². The van der Waals surface area contributed by atoms with Crippen molar-refractivity contribution in [1.29, 1.82) is 0 Å². The number of ether oxygens (including phenoxy) is 3. The van der Waals surface area contributed by atoms with E-state index in [2.05, 4.69) is 67.5 Å². The number of aliphatic hydroxyl groups excluding tert-OH is 4. The lowest BCUT2D eigenvalue weighted by Gasteiger charge is -2.67. The van der Waals surface area contributed by atoms with E-state index >= 15 is 0 Å². The number of rotatable bonds is 7. The first-order valence-corrected chi connectivity index (χ1v) is 16.9. The Morgan fingerprint density at radius 2 is 1.70 bits per heavy atom. The molecule has 7 nitrogen and oxygen atoms in total. The summed E-state index contributed by atoms with van der Waals surface area (Å²) in [5.74, 6) is 1.37. The fourth-order valence-corrected chi connectivity index (χ4v) is 11.2. The SMILES string of the molecule is COC1C=C2[C@@H](CCC(O[C@@H]3OC[C@@H](O)[C@H](O)[C@H]3O)C2(C)C)[C@]2(C)CC[C@]3(C)[C@@H]([C@H](C)CCC=C(C)C)C(O)C[C@@]3(C)[C@H]12. The van der Waals surface area contributed by atoms with E-state index < -0.39 is 24.6 Å². The monoisotopic (exact) mass is 604 g/mol. The zero-order valence-electron chi connectivity index (χ0n) is 28.2. The maximum absolute atomic E-state index is 11.8. The Hall–Kier alpha value is -0.800. The molecule has 1 aliphatic heterocycles. The Morgan fingerprint density at radius 1 is 1.00 bits per heavy atom. The molecule has 7 heteroatoms. The summed E-state index contributed by atoms with van der Waals surface area (Å²) in [4.78, 5) is 0. The van der Waals surface area contributed by atoms with Crippen LogP contribution >= 0.6 is 0 Å². The Bertz CT molecular complexity index is 1080. The zero-order chi connectivity index (χ0) is 31.7. The van der Waals surface area contributed by atoms with Crippen LogP contribution in [0.15, 0.2) is 23.3 Å². The van der Waals surface area contributed by atoms with Gasteiger partial charge >= 0.3 is 0 Å². The number of fused-ring (bicyclic) bond motifs is 5. The molecule has 3 saturated carbocycles. The minimum atomic E-state index is -1.30. The third kappa shape index (κ3) is 5.21. The maximum atomic E-state index is 11.8. The van der Waals surface area contributed by atoms with Gasteiger partial charge in [0.1, 0.15) is 18.3 Å². The van der Waals surface area contributed by atoms with Gasteiger partial charge in [-0.05, 0) is 92.8 Å². The van der Waals surface area contributed by atoms with E-state index in [1.54, 1.807) is 0 Å². The van der Waals surface area contributed by atoms with Crippen LogP contribution < -0.4 is 0 Å². The van der Waals surface area contributed by atoms with Crippen molar-refractivity contribution in [2.75, 3.05) is 13.7 Å². The van der Waals surface area contributed by atoms with Crippen LogP contribution in [-0.4, -0.2) is 77.1 Å². The summed E-state index contributed by atoms with van der Waals surface area (Å²) in [6.45, 7) is 18.5. The van der Waals surface area contributed by atoms with Crippen LogP contribution in [0.5, 0.6) is 0 Å². The van der Waals surface area contributed by atoms with Crippen molar-refractivity contribution in [1.82, 2.24) is 0 Å². The Kier molecular flexibility index (Phi) is 9.19. The van der Waals surface area contributed by atoms with E-state index in [0.29, 0.717) is 11.8 Å². The highest BCUT2D eigenvalue weighted by molar-refractivity contribution is 5.33. The van der Waals surface area contributed by atoms with Crippen molar-refractivity contribution in [3.05, 3.63) is 23.3 Å². The molecular weight excluding hydrogens is 544 g/mol. The van der Waals surface area contributed by atoms with Gasteiger partial charge in [-0.15, -0.1) is 0 Å². The van der Waals surface area contributed by atoms with Gasteiger partial charge in [-0.2, -0.15) is 0 Å². The van der Waals surface area contributed by atoms with Crippen LogP contribution in [0.2, 0.25) is 0 Å². The van der Waals surface area contributed by atoms with Crippen molar-refractivity contribution in [3.8, 4) is 0 Å². The number of methoxy groups -OCH3 is 1. The Morgan fingerprint density at radius 3 is 2.35 bits per heavy atom. The Labute approximate surface area is 260 Å². The number of hydrogen-bond acceptors (Lipinski definition) is 7. The van der Waals surface area contributed by atoms with Crippen molar-refractivity contribution >= 4 is 0 Å². The van der Waals surface area contributed by atoms with Gasteiger partial charge in [0.05, 0.1) is 24.9 Å². The number of hydrogen-bond donors (Lipinski definition) is 4. The van der Waals surface area contributed by atoms with Gasteiger partial charge in [-0.25, -0.2) is 0 Å². The average molecular weight is 605 g/mol. The molecule has 1 heterocycles. The second kappa shape index (κ2) is 11.8. The topological polar surface area (TPSA) is 109 Å². The van der Waals surface area contributed by atoms with Gasteiger partial charge in [0.15, 0.2) is 6.29 Å². The summed E-state index contributed by atoms with van der Waals surface area (Å²) in [6.07, 6.45) is 6.43. The molecule has 4 aliphatic carbocycles. The molecule has 4 N–H and O–H groups in total. The summed E-state index contributed by atoms with van der Waals surface area (Å²) in [5, 5.41) is 42.5. The quantitative estimate of drug-likeness (QED) is 0.289. The summed E-state index contributed by atoms with van der Waals surface area (Å²) in [7, 11) is 1.84. The third-order valence-electron chi connectivity index (χ3n) is 13.6. The predicted molar refractivity (Wildman–Crippen MR) is 167 cm³/mol. The Balaban J connectivity index is 1.45. The molecule has 0 bridgehead atoms. The molecule has 1 saturated heterocycles. The third-order valence-corrected chi connectivity index (χ3v) is 13.6. The number of allylic oxidation sites excluding steroid dienone is 2. The molecule has 0 spiro atoms. The first-order valence-electron chi connectivity index (χ1n) is 16.9. The summed E-state index contributed by atoms with van der Waals surface area (Å²) in [5.41, 5.74) is 2.36. The fraction of sp³-hybridized carbons (Fsp3) is 0.889. The molecule has 5 rings (SSSR count). The van der Waals surface area contributed by atoms with E-state index in [0.717, 1.165) is 44.9 Å². The largest absolute Gasteiger partial charge is 0.393 e. The lowest BCUT2D eigenvalue weighted by Crippen LogP contribution is -2.63. The predicted octanol–water partition coefficient (Wildman–Crippen LogP) is 5.39. The van der Waals surface area contributed by atoms with Gasteiger partial charge in [0.25, 0.3) is 0 Å². The lowest BCUT2D eigenvalue weighted by atomic mass is 9.38. The first-order chi connectivity index (χ1) is 20.0. The molecule has 0 radical (unpaired) electrons. The van der Waals surface area contributed by atoms with E-state index in [9.17, 15) is 20.4 Å². The van der Waals surface area contributed by atoms with E-state index in [-0.39, 0.29) is 58.4 Å². The summed E-state index contributed by atoms with van der Waals surface area (Å²) < 4.78 is 18.5. The fourth-order valence-electron chi connectivity index (χ4n) is 11.2. The van der Waals surface area contributed by atoms with Crippen LogP contribution in [0.4, 0.5) is 0 Å². The summed E-state index contributed by atoms with van der Waals surface area (Å²) >= 11 is 0. The van der Waals surface area contributed by atoms with Crippen molar-refractivity contribution in [2.45, 2.75) is 143 Å². The van der Waals surface area contributed by atoms with Crippen LogP contribution in [0.1, 0.15) is 100 Å². The molecule has 0 aromatic rings. The minimum Gasteiger partial charge on any atom is -0.393 e. The van der Waals surface area contributed by atoms with Crippen molar-refractivity contribution < 1.29 is 34.6 Å². The molecular formula is C36H60O7. The lowest BCUT2D eigenvalue weighted by molar-refractivity contribution is -0.294. The molecule has 0 aromatic carbocycles. The zero-order valence-corrected chi connectivity index (χ0v) is 28.2. The molecule has 0 aromatic heterocycles. The molecule has 3 unspecified atom stereocenters. The second-order valence-corrected chi connectivity index (χ2v) is 16.5.